The number of amides is 2. The van der Waals surface area contributed by atoms with E-state index >= 15 is 0 Å². The van der Waals surface area contributed by atoms with E-state index < -0.39 is 29.8 Å². The summed E-state index contributed by atoms with van der Waals surface area (Å²) in [6, 6.07) is -0.437. The number of ether oxygens (including phenoxy) is 1. The van der Waals surface area contributed by atoms with Gasteiger partial charge in [0.2, 0.25) is 5.91 Å². The smallest absolute Gasteiger partial charge is 0.415 e. The number of carbonyl (C=O) groups excluding carboxylic acids is 2. The van der Waals surface area contributed by atoms with Gasteiger partial charge in [-0.05, 0) is 26.7 Å². The summed E-state index contributed by atoms with van der Waals surface area (Å²) in [5, 5.41) is 2.29. The Hall–Kier alpha value is -1.51. The van der Waals surface area contributed by atoms with Crippen LogP contribution in [0.5, 0.6) is 0 Å². The number of nitrogens with two attached hydrogens (primary N) is 1. The van der Waals surface area contributed by atoms with Crippen molar-refractivity contribution >= 4 is 12.0 Å². The first kappa shape index (κ1) is 17.5. The van der Waals surface area contributed by atoms with E-state index in [1.807, 2.05) is 0 Å². The van der Waals surface area contributed by atoms with Crippen LogP contribution in [0.3, 0.4) is 0 Å². The molecule has 0 bridgehead atoms. The number of carbonyl (C=O) groups is 2. The topological polar surface area (TPSA) is 84.7 Å². The van der Waals surface area contributed by atoms with Crippen molar-refractivity contribution in [3.05, 3.63) is 0 Å². The van der Waals surface area contributed by atoms with E-state index in [0.29, 0.717) is 32.9 Å². The number of nitrogens with one attached hydrogen (secondary N) is 1. The summed E-state index contributed by atoms with van der Waals surface area (Å²) in [4.78, 5) is 24.6. The Bertz CT molecular complexity index is 391. The van der Waals surface area contributed by atoms with Crippen molar-refractivity contribution in [1.82, 2.24) is 10.2 Å². The van der Waals surface area contributed by atoms with Crippen molar-refractivity contribution in [3.8, 4) is 0 Å². The second-order valence-electron chi connectivity index (χ2n) is 5.13. The van der Waals surface area contributed by atoms with Crippen molar-refractivity contribution in [3.63, 3.8) is 0 Å². The molecule has 9 heteroatoms. The summed E-state index contributed by atoms with van der Waals surface area (Å²) < 4.78 is 42.7. The maximum absolute atomic E-state index is 12.6. The zero-order valence-electron chi connectivity index (χ0n) is 12.0. The van der Waals surface area contributed by atoms with Crippen molar-refractivity contribution in [2.45, 2.75) is 44.4 Å². The fourth-order valence-electron chi connectivity index (χ4n) is 1.89. The van der Waals surface area contributed by atoms with E-state index in [1.54, 1.807) is 6.92 Å². The van der Waals surface area contributed by atoms with E-state index in [4.69, 9.17) is 10.5 Å². The molecular formula is C12H20F3N3O3. The van der Waals surface area contributed by atoms with E-state index in [0.717, 1.165) is 0 Å². The van der Waals surface area contributed by atoms with Gasteiger partial charge < -0.3 is 20.7 Å². The van der Waals surface area contributed by atoms with E-state index in [-0.39, 0.29) is 6.61 Å². The molecule has 1 atom stereocenters. The summed E-state index contributed by atoms with van der Waals surface area (Å²) >= 11 is 0. The molecule has 1 fully saturated rings. The molecule has 3 N–H and O–H groups in total. The largest absolute Gasteiger partial charge is 0.450 e. The number of nitrogens with zero attached hydrogens (tertiary/aromatic N) is 1. The first-order valence-electron chi connectivity index (χ1n) is 6.68. The van der Waals surface area contributed by atoms with Gasteiger partial charge in [0.1, 0.15) is 0 Å². The lowest BCUT2D eigenvalue weighted by Gasteiger charge is -2.34. The molecule has 122 valence electrons. The average molecular weight is 311 g/mol. The highest BCUT2D eigenvalue weighted by atomic mass is 19.4. The molecular weight excluding hydrogens is 291 g/mol. The molecule has 1 heterocycles. The van der Waals surface area contributed by atoms with Crippen LogP contribution in [0.4, 0.5) is 18.0 Å². The average Bonchev–Trinajstić information content (AvgIpc) is 2.38. The second kappa shape index (κ2) is 6.50. The van der Waals surface area contributed by atoms with Crippen LogP contribution in [0.1, 0.15) is 26.7 Å². The van der Waals surface area contributed by atoms with Crippen LogP contribution < -0.4 is 11.1 Å². The first-order valence-corrected chi connectivity index (χ1v) is 6.68. The fraction of sp³-hybridized carbons (Fsp3) is 0.833. The third-order valence-electron chi connectivity index (χ3n) is 3.42. The van der Waals surface area contributed by atoms with Crippen LogP contribution in [0.25, 0.3) is 0 Å². The SMILES string of the molecule is CCOC(=O)N1CCC(NC(=O)C(C)(N)C(F)(F)F)CC1. The highest BCUT2D eigenvalue weighted by molar-refractivity contribution is 5.86. The Balaban J connectivity index is 2.50. The zero-order chi connectivity index (χ0) is 16.3. The fourth-order valence-corrected chi connectivity index (χ4v) is 1.89. The third-order valence-corrected chi connectivity index (χ3v) is 3.42. The van der Waals surface area contributed by atoms with Gasteiger partial charge in [0.25, 0.3) is 0 Å². The first-order chi connectivity index (χ1) is 9.59. The molecule has 21 heavy (non-hydrogen) atoms. The summed E-state index contributed by atoms with van der Waals surface area (Å²) in [7, 11) is 0. The lowest BCUT2D eigenvalue weighted by Crippen LogP contribution is -2.63. The van der Waals surface area contributed by atoms with E-state index in [1.165, 1.54) is 4.90 Å². The highest BCUT2D eigenvalue weighted by Gasteiger charge is 2.54. The normalized spacial score (nSPS) is 19.8. The molecule has 1 aliphatic rings. The van der Waals surface area contributed by atoms with Crippen LogP contribution in [0.2, 0.25) is 0 Å². The Labute approximate surface area is 120 Å². The van der Waals surface area contributed by atoms with Gasteiger partial charge in [0.05, 0.1) is 6.61 Å². The maximum Gasteiger partial charge on any atom is 0.415 e. The van der Waals surface area contributed by atoms with E-state index in [2.05, 4.69) is 5.32 Å². The minimum absolute atomic E-state index is 0.257. The third kappa shape index (κ3) is 4.23. The number of hydrogen-bond donors (Lipinski definition) is 2. The molecule has 1 aliphatic heterocycles. The lowest BCUT2D eigenvalue weighted by molar-refractivity contribution is -0.187. The summed E-state index contributed by atoms with van der Waals surface area (Å²) in [5.41, 5.74) is 2.12. The minimum atomic E-state index is -4.82. The number of rotatable bonds is 3. The van der Waals surface area contributed by atoms with Crippen molar-refractivity contribution < 1.29 is 27.5 Å². The van der Waals surface area contributed by atoms with Gasteiger partial charge in [-0.2, -0.15) is 13.2 Å². The standard InChI is InChI=1S/C12H20F3N3O3/c1-3-21-10(20)18-6-4-8(5-7-18)17-9(19)11(2,16)12(13,14)15/h8H,3-7,16H2,1-2H3,(H,17,19). The monoisotopic (exact) mass is 311 g/mol. The molecule has 0 aromatic heterocycles. The summed E-state index contributed by atoms with van der Waals surface area (Å²) in [5.74, 6) is -1.26. The minimum Gasteiger partial charge on any atom is -0.450 e. The number of hydrogen-bond acceptors (Lipinski definition) is 4. The predicted molar refractivity (Wildman–Crippen MR) is 68.4 cm³/mol. The molecule has 1 rings (SSSR count). The van der Waals surface area contributed by atoms with Crippen LogP contribution in [0.15, 0.2) is 0 Å². The molecule has 0 aromatic carbocycles. The van der Waals surface area contributed by atoms with Crippen molar-refractivity contribution in [2.24, 2.45) is 5.73 Å². The molecule has 0 radical (unpaired) electrons. The number of halogens is 3. The Kier molecular flexibility index (Phi) is 5.43. The van der Waals surface area contributed by atoms with Gasteiger partial charge in [-0.3, -0.25) is 4.79 Å². The molecule has 0 saturated carbocycles. The molecule has 0 aromatic rings. The van der Waals surface area contributed by atoms with Crippen LogP contribution in [0, 0.1) is 0 Å². The zero-order valence-corrected chi connectivity index (χ0v) is 12.0. The van der Waals surface area contributed by atoms with Crippen molar-refractivity contribution in [2.75, 3.05) is 19.7 Å². The molecule has 0 spiro atoms. The van der Waals surface area contributed by atoms with Crippen LogP contribution in [-0.2, 0) is 9.53 Å². The second-order valence-corrected chi connectivity index (χ2v) is 5.13. The molecule has 1 saturated heterocycles. The Morgan fingerprint density at radius 2 is 1.86 bits per heavy atom. The predicted octanol–water partition coefficient (Wildman–Crippen LogP) is 1.00. The highest BCUT2D eigenvalue weighted by Crippen LogP contribution is 2.28. The quantitative estimate of drug-likeness (QED) is 0.814. The number of likely N-dealkylation sites (tertiary alicyclic amines) is 1. The van der Waals surface area contributed by atoms with Gasteiger partial charge in [-0.15, -0.1) is 0 Å². The van der Waals surface area contributed by atoms with Gasteiger partial charge >= 0.3 is 12.3 Å². The summed E-state index contributed by atoms with van der Waals surface area (Å²) in [6.45, 7) is 3.21. The Morgan fingerprint density at radius 3 is 2.29 bits per heavy atom. The molecule has 1 unspecified atom stereocenters. The number of alkyl halides is 3. The van der Waals surface area contributed by atoms with E-state index in [9.17, 15) is 22.8 Å². The molecule has 2 amide bonds. The lowest BCUT2D eigenvalue weighted by atomic mass is 9.99. The van der Waals surface area contributed by atoms with Crippen LogP contribution >= 0.6 is 0 Å². The van der Waals surface area contributed by atoms with Crippen LogP contribution in [-0.4, -0.2) is 54.4 Å². The summed E-state index contributed by atoms with van der Waals surface area (Å²) in [6.07, 6.45) is -4.55. The Morgan fingerprint density at radius 1 is 1.33 bits per heavy atom. The van der Waals surface area contributed by atoms with Crippen molar-refractivity contribution in [1.29, 1.82) is 0 Å². The van der Waals surface area contributed by atoms with Gasteiger partial charge in [-0.25, -0.2) is 4.79 Å². The van der Waals surface area contributed by atoms with Gasteiger partial charge in [0.15, 0.2) is 5.54 Å². The number of piperidine rings is 1. The molecule has 6 nitrogen and oxygen atoms in total. The molecule has 0 aliphatic carbocycles. The van der Waals surface area contributed by atoms with Gasteiger partial charge in [0, 0.05) is 19.1 Å². The maximum atomic E-state index is 12.6. The van der Waals surface area contributed by atoms with Gasteiger partial charge in [-0.1, -0.05) is 0 Å².